The van der Waals surface area contributed by atoms with Crippen LogP contribution in [-0.2, 0) is 21.4 Å². The number of sulfonamides is 1. The average Bonchev–Trinajstić information content (AvgIpc) is 3.28. The summed E-state index contributed by atoms with van der Waals surface area (Å²) >= 11 is 0. The Bertz CT molecular complexity index is 940. The van der Waals surface area contributed by atoms with Gasteiger partial charge in [-0.2, -0.15) is 4.31 Å². The molecule has 2 aliphatic carbocycles. The van der Waals surface area contributed by atoms with Crippen molar-refractivity contribution < 1.29 is 18.3 Å². The fraction of sp³-hybridized carbons (Fsp3) is 0.350. The van der Waals surface area contributed by atoms with E-state index in [1.165, 1.54) is 4.31 Å². The second kappa shape index (κ2) is 6.01. The standard InChI is InChI=1S/C20H21NO4S/c1-14-7-9-17(10-8-14)26(24,25)21(13-15-5-3-2-4-6-15)20-12-16(20)11-18(22)19(20)23/h2-10,16,18,22H,11-13H2,1H3. The minimum Gasteiger partial charge on any atom is -0.385 e. The highest BCUT2D eigenvalue weighted by atomic mass is 32.2. The fourth-order valence-electron chi connectivity index (χ4n) is 4.02. The normalized spacial score (nSPS) is 27.6. The van der Waals surface area contributed by atoms with Gasteiger partial charge in [-0.05, 0) is 43.4 Å². The number of hydrogen-bond acceptors (Lipinski definition) is 4. The minimum absolute atomic E-state index is 0.103. The van der Waals surface area contributed by atoms with Crippen molar-refractivity contribution in [3.63, 3.8) is 0 Å². The van der Waals surface area contributed by atoms with Crippen molar-refractivity contribution in [1.82, 2.24) is 4.31 Å². The number of aryl methyl sites for hydroxylation is 1. The van der Waals surface area contributed by atoms with Crippen molar-refractivity contribution in [3.05, 3.63) is 65.7 Å². The Morgan fingerprint density at radius 1 is 1.12 bits per heavy atom. The lowest BCUT2D eigenvalue weighted by Crippen LogP contribution is -2.48. The van der Waals surface area contributed by atoms with E-state index < -0.39 is 21.7 Å². The molecule has 0 saturated heterocycles. The van der Waals surface area contributed by atoms with Crippen LogP contribution in [0.25, 0.3) is 0 Å². The lowest BCUT2D eigenvalue weighted by Gasteiger charge is -2.29. The van der Waals surface area contributed by atoms with Crippen molar-refractivity contribution in [2.24, 2.45) is 5.92 Å². The average molecular weight is 371 g/mol. The Morgan fingerprint density at radius 3 is 2.35 bits per heavy atom. The van der Waals surface area contributed by atoms with E-state index in [1.807, 2.05) is 37.3 Å². The molecule has 0 spiro atoms. The first kappa shape index (κ1) is 17.4. The molecule has 3 unspecified atom stereocenters. The Balaban J connectivity index is 1.79. The van der Waals surface area contributed by atoms with Gasteiger partial charge in [-0.1, -0.05) is 48.0 Å². The first-order valence-corrected chi connectivity index (χ1v) is 10.2. The number of aliphatic hydroxyl groups is 1. The van der Waals surface area contributed by atoms with E-state index in [-0.39, 0.29) is 23.1 Å². The number of benzene rings is 2. The summed E-state index contributed by atoms with van der Waals surface area (Å²) in [7, 11) is -3.87. The summed E-state index contributed by atoms with van der Waals surface area (Å²) in [4.78, 5) is 12.9. The van der Waals surface area contributed by atoms with Gasteiger partial charge in [-0.15, -0.1) is 0 Å². The molecule has 0 amide bonds. The van der Waals surface area contributed by atoms with Crippen LogP contribution in [0.1, 0.15) is 24.0 Å². The molecule has 0 heterocycles. The molecule has 6 heteroatoms. The second-order valence-electron chi connectivity index (χ2n) is 7.25. The van der Waals surface area contributed by atoms with Crippen molar-refractivity contribution in [2.75, 3.05) is 0 Å². The quantitative estimate of drug-likeness (QED) is 0.875. The summed E-state index contributed by atoms with van der Waals surface area (Å²) in [5, 5.41) is 9.98. The molecule has 0 radical (unpaired) electrons. The summed E-state index contributed by atoms with van der Waals surface area (Å²) < 4.78 is 28.1. The second-order valence-corrected chi connectivity index (χ2v) is 9.11. The van der Waals surface area contributed by atoms with Gasteiger partial charge in [0.25, 0.3) is 0 Å². The van der Waals surface area contributed by atoms with Crippen LogP contribution in [0, 0.1) is 12.8 Å². The fourth-order valence-corrected chi connectivity index (χ4v) is 5.81. The molecule has 2 aliphatic rings. The molecular weight excluding hydrogens is 350 g/mol. The summed E-state index contributed by atoms with van der Waals surface area (Å²) in [6.45, 7) is 2.01. The molecule has 26 heavy (non-hydrogen) atoms. The van der Waals surface area contributed by atoms with Gasteiger partial charge in [0.1, 0.15) is 11.6 Å². The van der Waals surface area contributed by atoms with Crippen LogP contribution in [0.2, 0.25) is 0 Å². The van der Waals surface area contributed by atoms with E-state index in [9.17, 15) is 18.3 Å². The van der Waals surface area contributed by atoms with Crippen molar-refractivity contribution in [1.29, 1.82) is 0 Å². The highest BCUT2D eigenvalue weighted by molar-refractivity contribution is 7.89. The zero-order chi connectivity index (χ0) is 18.5. The van der Waals surface area contributed by atoms with Gasteiger partial charge in [0.2, 0.25) is 10.0 Å². The number of Topliss-reactive ketones (excluding diaryl/α,β-unsaturated/α-hetero) is 1. The SMILES string of the molecule is Cc1ccc(S(=O)(=O)N(Cc2ccccc2)C23CC2CC(O)C3=O)cc1. The van der Waals surface area contributed by atoms with Crippen LogP contribution in [0.15, 0.2) is 59.5 Å². The van der Waals surface area contributed by atoms with Crippen molar-refractivity contribution >= 4 is 15.8 Å². The summed E-state index contributed by atoms with van der Waals surface area (Å²) in [5.41, 5.74) is 0.685. The molecule has 5 nitrogen and oxygen atoms in total. The predicted octanol–water partition coefficient (Wildman–Crippen LogP) is 2.28. The number of nitrogens with zero attached hydrogens (tertiary/aromatic N) is 1. The molecule has 0 aliphatic heterocycles. The highest BCUT2D eigenvalue weighted by Gasteiger charge is 2.71. The number of carbonyl (C=O) groups is 1. The molecule has 0 bridgehead atoms. The summed E-state index contributed by atoms with van der Waals surface area (Å²) in [5.74, 6) is -0.469. The topological polar surface area (TPSA) is 74.7 Å². The molecule has 1 N–H and O–H groups in total. The Kier molecular flexibility index (Phi) is 4.02. The van der Waals surface area contributed by atoms with Crippen LogP contribution in [0.5, 0.6) is 0 Å². The van der Waals surface area contributed by atoms with E-state index in [0.717, 1.165) is 11.1 Å². The van der Waals surface area contributed by atoms with E-state index in [2.05, 4.69) is 0 Å². The maximum absolute atomic E-state index is 13.4. The number of hydrogen-bond donors (Lipinski definition) is 1. The van der Waals surface area contributed by atoms with Crippen molar-refractivity contribution in [2.45, 2.75) is 42.8 Å². The summed E-state index contributed by atoms with van der Waals surface area (Å²) in [6, 6.07) is 15.9. The first-order valence-electron chi connectivity index (χ1n) is 8.71. The van der Waals surface area contributed by atoms with Gasteiger partial charge in [-0.3, -0.25) is 4.79 Å². The highest BCUT2D eigenvalue weighted by Crippen LogP contribution is 2.59. The molecule has 4 rings (SSSR count). The third-order valence-electron chi connectivity index (χ3n) is 5.53. The third-order valence-corrected chi connectivity index (χ3v) is 7.44. The largest absolute Gasteiger partial charge is 0.385 e. The predicted molar refractivity (Wildman–Crippen MR) is 96.8 cm³/mol. The van der Waals surface area contributed by atoms with Gasteiger partial charge in [-0.25, -0.2) is 8.42 Å². The zero-order valence-electron chi connectivity index (χ0n) is 14.5. The first-order chi connectivity index (χ1) is 12.4. The molecule has 2 saturated carbocycles. The molecule has 0 aromatic heterocycles. The van der Waals surface area contributed by atoms with E-state index in [1.54, 1.807) is 24.3 Å². The lowest BCUT2D eigenvalue weighted by molar-refractivity contribution is -0.129. The van der Waals surface area contributed by atoms with E-state index >= 15 is 0 Å². The molecular formula is C20H21NO4S. The number of rotatable bonds is 5. The lowest BCUT2D eigenvalue weighted by atomic mass is 10.1. The van der Waals surface area contributed by atoms with Crippen LogP contribution < -0.4 is 0 Å². The van der Waals surface area contributed by atoms with Gasteiger partial charge in [0.05, 0.1) is 4.90 Å². The van der Waals surface area contributed by atoms with Crippen LogP contribution in [0.3, 0.4) is 0 Å². The van der Waals surface area contributed by atoms with E-state index in [0.29, 0.717) is 12.8 Å². The Morgan fingerprint density at radius 2 is 1.77 bits per heavy atom. The number of fused-ring (bicyclic) bond motifs is 1. The zero-order valence-corrected chi connectivity index (χ0v) is 15.3. The molecule has 3 atom stereocenters. The molecule has 2 aromatic carbocycles. The van der Waals surface area contributed by atoms with Crippen LogP contribution in [0.4, 0.5) is 0 Å². The van der Waals surface area contributed by atoms with Crippen LogP contribution >= 0.6 is 0 Å². The van der Waals surface area contributed by atoms with Crippen molar-refractivity contribution in [3.8, 4) is 0 Å². The molecule has 136 valence electrons. The monoisotopic (exact) mass is 371 g/mol. The Labute approximate surface area is 153 Å². The smallest absolute Gasteiger partial charge is 0.244 e. The van der Waals surface area contributed by atoms with Gasteiger partial charge >= 0.3 is 0 Å². The third kappa shape index (κ3) is 2.60. The molecule has 2 fully saturated rings. The van der Waals surface area contributed by atoms with Crippen LogP contribution in [-0.4, -0.2) is 35.3 Å². The van der Waals surface area contributed by atoms with Gasteiger partial charge in [0, 0.05) is 6.54 Å². The Hall–Kier alpha value is -2.02. The maximum atomic E-state index is 13.4. The number of carbonyl (C=O) groups excluding carboxylic acids is 1. The van der Waals surface area contributed by atoms with Gasteiger partial charge in [0.15, 0.2) is 5.78 Å². The van der Waals surface area contributed by atoms with Gasteiger partial charge < -0.3 is 5.11 Å². The maximum Gasteiger partial charge on any atom is 0.244 e. The minimum atomic E-state index is -3.87. The summed E-state index contributed by atoms with van der Waals surface area (Å²) in [6.07, 6.45) is -0.241. The van der Waals surface area contributed by atoms with E-state index in [4.69, 9.17) is 0 Å². The number of aliphatic hydroxyl groups excluding tert-OH is 1. The molecule has 2 aromatic rings. The number of ketones is 1.